The summed E-state index contributed by atoms with van der Waals surface area (Å²) in [5.74, 6) is 0.948. The predicted octanol–water partition coefficient (Wildman–Crippen LogP) is 5.06. The van der Waals surface area contributed by atoms with Crippen molar-refractivity contribution < 1.29 is 0 Å². The van der Waals surface area contributed by atoms with E-state index in [1.165, 1.54) is 44.1 Å². The highest BCUT2D eigenvalue weighted by atomic mass is 14.4. The summed E-state index contributed by atoms with van der Waals surface area (Å²) < 4.78 is 0. The predicted molar refractivity (Wildman–Crippen MR) is 73.7 cm³/mol. The summed E-state index contributed by atoms with van der Waals surface area (Å²) >= 11 is 0. The van der Waals surface area contributed by atoms with Crippen LogP contribution < -0.4 is 0 Å². The van der Waals surface area contributed by atoms with Crippen LogP contribution in [-0.4, -0.2) is 0 Å². The molecule has 0 aliphatic heterocycles. The maximum atomic E-state index is 2.52. The maximum Gasteiger partial charge on any atom is -0.0219 e. The Morgan fingerprint density at radius 1 is 1.12 bits per heavy atom. The molecular weight excluding hydrogens is 204 g/mol. The quantitative estimate of drug-likeness (QED) is 0.628. The van der Waals surface area contributed by atoms with Gasteiger partial charge in [-0.05, 0) is 48.2 Å². The van der Waals surface area contributed by atoms with E-state index in [-0.39, 0.29) is 0 Å². The number of rotatable bonds is 1. The minimum atomic E-state index is 0.582. The van der Waals surface area contributed by atoms with Crippen molar-refractivity contribution in [3.8, 4) is 0 Å². The molecule has 0 saturated heterocycles. The fourth-order valence-electron chi connectivity index (χ4n) is 3.77. The van der Waals surface area contributed by atoms with Crippen LogP contribution in [0.2, 0.25) is 0 Å². The van der Waals surface area contributed by atoms with Crippen molar-refractivity contribution in [2.75, 3.05) is 0 Å². The fraction of sp³-hybridized carbons (Fsp3) is 0.529. The SMILES string of the molecule is C[C@]12CCCC[C@@H]1CC=C(c1ccccc1)C2. The van der Waals surface area contributed by atoms with Gasteiger partial charge in [-0.3, -0.25) is 0 Å². The second-order valence-corrected chi connectivity index (χ2v) is 6.10. The molecule has 0 bridgehead atoms. The van der Waals surface area contributed by atoms with Gasteiger partial charge in [0.25, 0.3) is 0 Å². The standard InChI is InChI=1S/C17H22/c1-17-12-6-5-9-16(17)11-10-15(13-17)14-7-3-2-4-8-14/h2-4,7-8,10,16H,5-6,9,11-13H2,1H3/t16-,17-/m1/s1. The summed E-state index contributed by atoms with van der Waals surface area (Å²) in [6.07, 6.45) is 10.9. The Morgan fingerprint density at radius 2 is 1.94 bits per heavy atom. The van der Waals surface area contributed by atoms with Crippen molar-refractivity contribution in [1.29, 1.82) is 0 Å². The van der Waals surface area contributed by atoms with E-state index < -0.39 is 0 Å². The number of hydrogen-bond donors (Lipinski definition) is 0. The van der Waals surface area contributed by atoms with Crippen molar-refractivity contribution >= 4 is 5.57 Å². The number of hydrogen-bond acceptors (Lipinski definition) is 0. The lowest BCUT2D eigenvalue weighted by molar-refractivity contribution is 0.117. The molecule has 3 rings (SSSR count). The van der Waals surface area contributed by atoms with Crippen LogP contribution >= 0.6 is 0 Å². The van der Waals surface area contributed by atoms with Gasteiger partial charge in [-0.25, -0.2) is 0 Å². The Hall–Kier alpha value is -1.04. The zero-order valence-corrected chi connectivity index (χ0v) is 10.8. The first-order valence-electron chi connectivity index (χ1n) is 7.02. The summed E-state index contributed by atoms with van der Waals surface area (Å²) in [4.78, 5) is 0. The monoisotopic (exact) mass is 226 g/mol. The van der Waals surface area contributed by atoms with Crippen LogP contribution in [0.25, 0.3) is 5.57 Å². The van der Waals surface area contributed by atoms with Crippen LogP contribution in [0.15, 0.2) is 36.4 Å². The smallest absolute Gasteiger partial charge is 0.0219 e. The molecule has 0 unspecified atom stereocenters. The van der Waals surface area contributed by atoms with Crippen molar-refractivity contribution in [3.05, 3.63) is 42.0 Å². The lowest BCUT2D eigenvalue weighted by Crippen LogP contribution is -2.33. The maximum absolute atomic E-state index is 2.52. The summed E-state index contributed by atoms with van der Waals surface area (Å²) in [5, 5.41) is 0. The Bertz CT molecular complexity index is 415. The molecule has 17 heavy (non-hydrogen) atoms. The molecule has 0 spiro atoms. The third-order valence-corrected chi connectivity index (χ3v) is 4.92. The van der Waals surface area contributed by atoms with E-state index in [2.05, 4.69) is 43.3 Å². The van der Waals surface area contributed by atoms with Gasteiger partial charge in [0.15, 0.2) is 0 Å². The molecule has 0 aromatic heterocycles. The van der Waals surface area contributed by atoms with Crippen LogP contribution in [0.1, 0.15) is 51.0 Å². The van der Waals surface area contributed by atoms with Crippen molar-refractivity contribution in [2.24, 2.45) is 11.3 Å². The molecule has 0 nitrogen and oxygen atoms in total. The molecule has 0 heterocycles. The lowest BCUT2D eigenvalue weighted by Gasteiger charge is -2.45. The molecule has 2 atom stereocenters. The van der Waals surface area contributed by atoms with Crippen molar-refractivity contribution in [2.45, 2.75) is 45.4 Å². The molecule has 1 saturated carbocycles. The van der Waals surface area contributed by atoms with Crippen LogP contribution in [-0.2, 0) is 0 Å². The molecule has 1 fully saturated rings. The van der Waals surface area contributed by atoms with E-state index in [1.807, 2.05) is 0 Å². The van der Waals surface area contributed by atoms with Crippen molar-refractivity contribution in [1.82, 2.24) is 0 Å². The molecule has 90 valence electrons. The van der Waals surface area contributed by atoms with Gasteiger partial charge in [0, 0.05) is 0 Å². The summed E-state index contributed by atoms with van der Waals surface area (Å²) in [6, 6.07) is 11.0. The largest absolute Gasteiger partial charge is 0.0804 e. The second kappa shape index (κ2) is 4.33. The average Bonchev–Trinajstić information content (AvgIpc) is 2.38. The number of benzene rings is 1. The summed E-state index contributed by atoms with van der Waals surface area (Å²) in [6.45, 7) is 2.52. The van der Waals surface area contributed by atoms with Crippen LogP contribution in [0.5, 0.6) is 0 Å². The summed E-state index contributed by atoms with van der Waals surface area (Å²) in [7, 11) is 0. The fourth-order valence-corrected chi connectivity index (χ4v) is 3.77. The molecule has 2 aliphatic rings. The average molecular weight is 226 g/mol. The van der Waals surface area contributed by atoms with E-state index in [0.717, 1.165) is 5.92 Å². The Kier molecular flexibility index (Phi) is 2.82. The number of allylic oxidation sites excluding steroid dienone is 2. The topological polar surface area (TPSA) is 0 Å². The number of fused-ring (bicyclic) bond motifs is 1. The first-order chi connectivity index (χ1) is 8.28. The van der Waals surface area contributed by atoms with Gasteiger partial charge in [0.1, 0.15) is 0 Å². The minimum Gasteiger partial charge on any atom is -0.0804 e. The molecule has 0 amide bonds. The zero-order chi connectivity index (χ0) is 11.7. The van der Waals surface area contributed by atoms with Gasteiger partial charge in [0.05, 0.1) is 0 Å². The van der Waals surface area contributed by atoms with Gasteiger partial charge in [-0.1, -0.05) is 56.2 Å². The van der Waals surface area contributed by atoms with E-state index >= 15 is 0 Å². The lowest BCUT2D eigenvalue weighted by atomic mass is 9.60. The highest BCUT2D eigenvalue weighted by Gasteiger charge is 2.38. The molecular formula is C17H22. The molecule has 0 radical (unpaired) electrons. The zero-order valence-electron chi connectivity index (χ0n) is 10.8. The third-order valence-electron chi connectivity index (χ3n) is 4.92. The molecule has 1 aromatic carbocycles. The third kappa shape index (κ3) is 2.06. The molecule has 2 aliphatic carbocycles. The minimum absolute atomic E-state index is 0.582. The van der Waals surface area contributed by atoms with E-state index in [4.69, 9.17) is 0 Å². The van der Waals surface area contributed by atoms with E-state index in [0.29, 0.717) is 5.41 Å². The first-order valence-corrected chi connectivity index (χ1v) is 7.02. The summed E-state index contributed by atoms with van der Waals surface area (Å²) in [5.41, 5.74) is 3.61. The van der Waals surface area contributed by atoms with Crippen LogP contribution in [0.3, 0.4) is 0 Å². The van der Waals surface area contributed by atoms with E-state index in [9.17, 15) is 0 Å². The first kappa shape index (κ1) is 11.1. The molecule has 0 heteroatoms. The van der Waals surface area contributed by atoms with Crippen molar-refractivity contribution in [3.63, 3.8) is 0 Å². The Balaban J connectivity index is 1.87. The highest BCUT2D eigenvalue weighted by molar-refractivity contribution is 5.67. The highest BCUT2D eigenvalue weighted by Crippen LogP contribution is 2.51. The van der Waals surface area contributed by atoms with Crippen LogP contribution in [0, 0.1) is 11.3 Å². The van der Waals surface area contributed by atoms with E-state index in [1.54, 1.807) is 5.57 Å². The van der Waals surface area contributed by atoms with Gasteiger partial charge < -0.3 is 0 Å². The van der Waals surface area contributed by atoms with Gasteiger partial charge in [-0.2, -0.15) is 0 Å². The Morgan fingerprint density at radius 3 is 2.76 bits per heavy atom. The van der Waals surface area contributed by atoms with Gasteiger partial charge >= 0.3 is 0 Å². The normalized spacial score (nSPS) is 32.8. The van der Waals surface area contributed by atoms with Crippen LogP contribution in [0.4, 0.5) is 0 Å². The molecule has 1 aromatic rings. The second-order valence-electron chi connectivity index (χ2n) is 6.10. The Labute approximate surface area is 105 Å². The van der Waals surface area contributed by atoms with Gasteiger partial charge in [0.2, 0.25) is 0 Å². The van der Waals surface area contributed by atoms with Gasteiger partial charge in [-0.15, -0.1) is 0 Å². The molecule has 0 N–H and O–H groups in total.